The highest BCUT2D eigenvalue weighted by molar-refractivity contribution is 7.09. The Balaban J connectivity index is 1.87. The van der Waals surface area contributed by atoms with Crippen LogP contribution in [0.2, 0.25) is 5.02 Å². The summed E-state index contributed by atoms with van der Waals surface area (Å²) in [4.78, 5) is 29.3. The van der Waals surface area contributed by atoms with Gasteiger partial charge in [0.1, 0.15) is 23.4 Å². The fourth-order valence-corrected chi connectivity index (χ4v) is 4.17. The number of anilines is 2. The first kappa shape index (κ1) is 14.6. The van der Waals surface area contributed by atoms with Gasteiger partial charge in [0.05, 0.1) is 5.02 Å². The monoisotopic (exact) mass is 351 g/mol. The van der Waals surface area contributed by atoms with E-state index in [1.54, 1.807) is 4.57 Å². The van der Waals surface area contributed by atoms with Crippen molar-refractivity contribution in [1.29, 1.82) is 0 Å². The average molecular weight is 352 g/mol. The van der Waals surface area contributed by atoms with E-state index in [-0.39, 0.29) is 22.2 Å². The topological polar surface area (TPSA) is 88.9 Å². The molecule has 0 atom stereocenters. The third kappa shape index (κ3) is 2.24. The van der Waals surface area contributed by atoms with Crippen LogP contribution in [-0.4, -0.2) is 19.8 Å². The van der Waals surface area contributed by atoms with Gasteiger partial charge in [0, 0.05) is 11.5 Å². The predicted molar refractivity (Wildman–Crippen MR) is 87.4 cm³/mol. The molecule has 3 heterocycles. The molecule has 1 aliphatic carbocycles. The first-order valence-electron chi connectivity index (χ1n) is 7.43. The van der Waals surface area contributed by atoms with Crippen molar-refractivity contribution in [3.63, 3.8) is 0 Å². The first-order valence-corrected chi connectivity index (χ1v) is 8.58. The molecule has 0 saturated heterocycles. The number of carbonyl (C=O) groups excluding carboxylic acids is 1. The van der Waals surface area contributed by atoms with E-state index in [9.17, 15) is 9.59 Å². The molecule has 7 nitrogen and oxygen atoms in total. The molecular weight excluding hydrogens is 338 g/mol. The Kier molecular flexibility index (Phi) is 3.38. The van der Waals surface area contributed by atoms with E-state index < -0.39 is 5.66 Å². The fourth-order valence-electron chi connectivity index (χ4n) is 3.45. The molecule has 0 radical (unpaired) electrons. The van der Waals surface area contributed by atoms with Gasteiger partial charge in [-0.3, -0.25) is 14.2 Å². The molecule has 4 rings (SSSR count). The summed E-state index contributed by atoms with van der Waals surface area (Å²) >= 11 is 7.44. The van der Waals surface area contributed by atoms with Crippen LogP contribution in [0.1, 0.15) is 42.6 Å². The average Bonchev–Trinajstić information content (AvgIpc) is 3.12. The van der Waals surface area contributed by atoms with E-state index in [0.29, 0.717) is 10.8 Å². The molecule has 0 unspecified atom stereocenters. The van der Waals surface area contributed by atoms with E-state index >= 15 is 0 Å². The summed E-state index contributed by atoms with van der Waals surface area (Å²) in [5.41, 5.74) is -0.359. The number of nitrogens with zero attached hydrogens (tertiary/aromatic N) is 3. The number of rotatable bonds is 2. The van der Waals surface area contributed by atoms with Crippen LogP contribution in [-0.2, 0) is 5.66 Å². The van der Waals surface area contributed by atoms with Crippen LogP contribution >= 0.6 is 23.1 Å². The molecule has 120 valence electrons. The van der Waals surface area contributed by atoms with Gasteiger partial charge in [0.25, 0.3) is 11.5 Å². The third-order valence-corrected chi connectivity index (χ3v) is 5.30. The number of carbonyl (C=O) groups is 1. The SMILES string of the molecule is O=C1NC2(CCCCC2)n2c1c(Cl)cc(Nc1ncns1)c2=O. The molecule has 1 saturated carbocycles. The Morgan fingerprint density at radius 2 is 2.09 bits per heavy atom. The molecule has 2 aliphatic rings. The number of fused-ring (bicyclic) bond motifs is 2. The Hall–Kier alpha value is -1.93. The number of aromatic nitrogens is 3. The van der Waals surface area contributed by atoms with Crippen molar-refractivity contribution in [2.45, 2.75) is 37.8 Å². The summed E-state index contributed by atoms with van der Waals surface area (Å²) in [6.07, 6.45) is 5.94. The second-order valence-corrected chi connectivity index (χ2v) is 7.00. The lowest BCUT2D eigenvalue weighted by molar-refractivity contribution is 0.0877. The van der Waals surface area contributed by atoms with Crippen molar-refractivity contribution >= 4 is 39.9 Å². The predicted octanol–water partition coefficient (Wildman–Crippen LogP) is 2.46. The van der Waals surface area contributed by atoms with Gasteiger partial charge in [-0.05, 0) is 31.7 Å². The summed E-state index contributed by atoms with van der Waals surface area (Å²) in [5, 5.41) is 6.71. The second-order valence-electron chi connectivity index (χ2n) is 5.81. The van der Waals surface area contributed by atoms with E-state index in [0.717, 1.165) is 43.6 Å². The number of pyridine rings is 1. The minimum Gasteiger partial charge on any atom is -0.327 e. The largest absolute Gasteiger partial charge is 0.327 e. The van der Waals surface area contributed by atoms with Crippen molar-refractivity contribution in [1.82, 2.24) is 19.2 Å². The number of hydrogen-bond donors (Lipinski definition) is 2. The molecule has 1 spiro atoms. The van der Waals surface area contributed by atoms with Crippen molar-refractivity contribution in [2.75, 3.05) is 5.32 Å². The number of halogens is 1. The van der Waals surface area contributed by atoms with Crippen LogP contribution in [0.5, 0.6) is 0 Å². The quantitative estimate of drug-likeness (QED) is 0.867. The van der Waals surface area contributed by atoms with E-state index in [4.69, 9.17) is 11.6 Å². The highest BCUT2D eigenvalue weighted by Crippen LogP contribution is 2.38. The molecule has 1 amide bonds. The van der Waals surface area contributed by atoms with Crippen molar-refractivity contribution < 1.29 is 4.79 Å². The fraction of sp³-hybridized carbons (Fsp3) is 0.429. The molecule has 1 fully saturated rings. The normalized spacial score (nSPS) is 18.7. The van der Waals surface area contributed by atoms with Crippen LogP contribution in [0, 0.1) is 0 Å². The Morgan fingerprint density at radius 1 is 1.30 bits per heavy atom. The molecule has 0 aromatic carbocycles. The standard InChI is InChI=1S/C14H14ClN5O2S/c15-8-6-9(18-13-16-7-17-23-13)12(22)20-10(8)11(21)19-14(20)4-2-1-3-5-14/h6-7H,1-5H2,(H,19,21)(H,16,17,18). The molecule has 2 N–H and O–H groups in total. The van der Waals surface area contributed by atoms with Crippen molar-refractivity contribution in [2.24, 2.45) is 0 Å². The van der Waals surface area contributed by atoms with Gasteiger partial charge in [-0.1, -0.05) is 18.0 Å². The molecule has 9 heteroatoms. The van der Waals surface area contributed by atoms with Gasteiger partial charge in [-0.15, -0.1) is 0 Å². The molecular formula is C14H14ClN5O2S. The summed E-state index contributed by atoms with van der Waals surface area (Å²) in [6.45, 7) is 0. The molecule has 0 bridgehead atoms. The summed E-state index contributed by atoms with van der Waals surface area (Å²) < 4.78 is 5.44. The first-order chi connectivity index (χ1) is 11.1. The van der Waals surface area contributed by atoms with E-state index in [1.165, 1.54) is 12.4 Å². The van der Waals surface area contributed by atoms with Gasteiger partial charge < -0.3 is 10.6 Å². The lowest BCUT2D eigenvalue weighted by Gasteiger charge is -2.35. The minimum absolute atomic E-state index is 0.251. The van der Waals surface area contributed by atoms with Crippen molar-refractivity contribution in [3.05, 3.63) is 33.5 Å². The van der Waals surface area contributed by atoms with Crippen LogP contribution < -0.4 is 16.2 Å². The number of hydrogen-bond acceptors (Lipinski definition) is 6. The zero-order chi connectivity index (χ0) is 16.0. The molecule has 23 heavy (non-hydrogen) atoms. The Labute approximate surface area is 140 Å². The van der Waals surface area contributed by atoms with Crippen LogP contribution in [0.4, 0.5) is 10.8 Å². The third-order valence-electron chi connectivity index (χ3n) is 4.43. The summed E-state index contributed by atoms with van der Waals surface area (Å²) in [6, 6.07) is 1.48. The maximum Gasteiger partial charge on any atom is 0.276 e. The van der Waals surface area contributed by atoms with Crippen LogP contribution in [0.3, 0.4) is 0 Å². The Bertz CT molecular complexity index is 826. The minimum atomic E-state index is -0.649. The van der Waals surface area contributed by atoms with Gasteiger partial charge in [-0.2, -0.15) is 4.37 Å². The van der Waals surface area contributed by atoms with Crippen LogP contribution in [0.25, 0.3) is 0 Å². The maximum absolute atomic E-state index is 13.0. The second kappa shape index (κ2) is 5.31. The van der Waals surface area contributed by atoms with Gasteiger partial charge in [0.2, 0.25) is 5.13 Å². The smallest absolute Gasteiger partial charge is 0.276 e. The zero-order valence-corrected chi connectivity index (χ0v) is 13.7. The summed E-state index contributed by atoms with van der Waals surface area (Å²) in [5.74, 6) is -0.281. The molecule has 2 aromatic heterocycles. The molecule has 2 aromatic rings. The maximum atomic E-state index is 13.0. The lowest BCUT2D eigenvalue weighted by atomic mass is 9.89. The van der Waals surface area contributed by atoms with Gasteiger partial charge in [-0.25, -0.2) is 4.98 Å². The lowest BCUT2D eigenvalue weighted by Crippen LogP contribution is -2.48. The van der Waals surface area contributed by atoms with Gasteiger partial charge in [0.15, 0.2) is 0 Å². The highest BCUT2D eigenvalue weighted by Gasteiger charge is 2.45. The molecule has 1 aliphatic heterocycles. The Morgan fingerprint density at radius 3 is 2.78 bits per heavy atom. The van der Waals surface area contributed by atoms with E-state index in [1.807, 2.05) is 0 Å². The highest BCUT2D eigenvalue weighted by atomic mass is 35.5. The van der Waals surface area contributed by atoms with Gasteiger partial charge >= 0.3 is 0 Å². The van der Waals surface area contributed by atoms with Crippen LogP contribution in [0.15, 0.2) is 17.2 Å². The van der Waals surface area contributed by atoms with Crippen molar-refractivity contribution in [3.8, 4) is 0 Å². The zero-order valence-electron chi connectivity index (χ0n) is 12.1. The number of nitrogens with one attached hydrogen (secondary N) is 2. The van der Waals surface area contributed by atoms with E-state index in [2.05, 4.69) is 20.0 Å². The summed E-state index contributed by atoms with van der Waals surface area (Å²) in [7, 11) is 0. The number of amides is 1.